The highest BCUT2D eigenvalue weighted by atomic mass is 32.2. The summed E-state index contributed by atoms with van der Waals surface area (Å²) >= 11 is 1.03. The van der Waals surface area contributed by atoms with E-state index in [-0.39, 0.29) is 5.75 Å². The van der Waals surface area contributed by atoms with Gasteiger partial charge in [0.15, 0.2) is 0 Å². The fraction of sp³-hybridized carbons (Fsp3) is 1.00. The molecule has 0 spiro atoms. The van der Waals surface area contributed by atoms with E-state index in [1.807, 2.05) is 0 Å². The Labute approximate surface area is 62.5 Å². The Morgan fingerprint density at radius 1 is 1.00 bits per heavy atom. The summed E-state index contributed by atoms with van der Waals surface area (Å²) in [5.41, 5.74) is -0.974. The van der Waals surface area contributed by atoms with Crippen LogP contribution in [0.3, 0.4) is 0 Å². The molecule has 1 unspecified atom stereocenters. The minimum atomic E-state index is -1.23. The van der Waals surface area contributed by atoms with Crippen LogP contribution in [0, 0.1) is 0 Å². The van der Waals surface area contributed by atoms with Crippen LogP contribution in [0.25, 0.3) is 0 Å². The van der Waals surface area contributed by atoms with Gasteiger partial charge in [-0.3, -0.25) is 0 Å². The van der Waals surface area contributed by atoms with E-state index in [1.165, 1.54) is 0 Å². The lowest BCUT2D eigenvalue weighted by Crippen LogP contribution is -2.48. The smallest absolute Gasteiger partial charge is 0.128 e. The summed E-state index contributed by atoms with van der Waals surface area (Å²) < 4.78 is 0. The zero-order valence-electron chi connectivity index (χ0n) is 5.21. The van der Waals surface area contributed by atoms with Crippen molar-refractivity contribution in [3.05, 3.63) is 0 Å². The number of rotatable bonds is 0. The third-order valence-corrected chi connectivity index (χ3v) is 2.63. The van der Waals surface area contributed by atoms with E-state index in [2.05, 4.69) is 0 Å². The maximum atomic E-state index is 8.94. The first kappa shape index (κ1) is 8.29. The molecule has 1 fully saturated rings. The molecule has 1 rings (SSSR count). The van der Waals surface area contributed by atoms with Crippen LogP contribution in [0.1, 0.15) is 0 Å². The Bertz CT molecular complexity index is 106. The summed E-state index contributed by atoms with van der Waals surface area (Å²) in [6.45, 7) is 0. The standard InChI is InChI=1S/C5H10O4S/c6-2-1-10-5(9)4(8)3(2)7/h2-9H,1H2/t2-,3-,4+,5?/m0/s1. The van der Waals surface area contributed by atoms with Gasteiger partial charge in [0.05, 0.1) is 6.10 Å². The van der Waals surface area contributed by atoms with Gasteiger partial charge in [0.2, 0.25) is 0 Å². The lowest BCUT2D eigenvalue weighted by Gasteiger charge is -2.31. The van der Waals surface area contributed by atoms with Crippen molar-refractivity contribution in [1.29, 1.82) is 0 Å². The molecular formula is C5H10O4S. The molecular weight excluding hydrogens is 156 g/mol. The van der Waals surface area contributed by atoms with Gasteiger partial charge in [-0.1, -0.05) is 0 Å². The molecule has 4 nitrogen and oxygen atoms in total. The van der Waals surface area contributed by atoms with E-state index in [1.54, 1.807) is 0 Å². The largest absolute Gasteiger partial charge is 0.389 e. The van der Waals surface area contributed by atoms with Crippen LogP contribution in [-0.2, 0) is 0 Å². The molecule has 0 aromatic heterocycles. The number of thioether (sulfide) groups is 1. The number of aliphatic hydroxyl groups excluding tert-OH is 4. The maximum Gasteiger partial charge on any atom is 0.128 e. The van der Waals surface area contributed by atoms with Crippen molar-refractivity contribution in [2.45, 2.75) is 23.7 Å². The van der Waals surface area contributed by atoms with E-state index in [9.17, 15) is 0 Å². The van der Waals surface area contributed by atoms with Crippen LogP contribution in [0.4, 0.5) is 0 Å². The van der Waals surface area contributed by atoms with Gasteiger partial charge in [0.25, 0.3) is 0 Å². The first-order valence-corrected chi connectivity index (χ1v) is 4.01. The Kier molecular flexibility index (Phi) is 2.54. The van der Waals surface area contributed by atoms with E-state index >= 15 is 0 Å². The predicted octanol–water partition coefficient (Wildman–Crippen LogP) is -1.87. The highest BCUT2D eigenvalue weighted by molar-refractivity contribution is 7.99. The van der Waals surface area contributed by atoms with Gasteiger partial charge in [-0.15, -0.1) is 11.8 Å². The van der Waals surface area contributed by atoms with E-state index in [0.717, 1.165) is 11.8 Å². The van der Waals surface area contributed by atoms with E-state index in [4.69, 9.17) is 20.4 Å². The fourth-order valence-corrected chi connectivity index (χ4v) is 1.74. The lowest BCUT2D eigenvalue weighted by molar-refractivity contribution is -0.0834. The van der Waals surface area contributed by atoms with Crippen molar-refractivity contribution in [1.82, 2.24) is 0 Å². The third-order valence-electron chi connectivity index (χ3n) is 1.47. The molecule has 1 aliphatic heterocycles. The van der Waals surface area contributed by atoms with Gasteiger partial charge in [-0.25, -0.2) is 0 Å². The Hall–Kier alpha value is 0.190. The molecule has 60 valence electrons. The van der Waals surface area contributed by atoms with Gasteiger partial charge in [0.1, 0.15) is 17.6 Å². The normalized spacial score (nSPS) is 49.2. The highest BCUT2D eigenvalue weighted by Gasteiger charge is 2.35. The second kappa shape index (κ2) is 3.06. The maximum absolute atomic E-state index is 8.94. The molecule has 0 saturated carbocycles. The predicted molar refractivity (Wildman–Crippen MR) is 36.5 cm³/mol. The topological polar surface area (TPSA) is 80.9 Å². The molecule has 0 aliphatic carbocycles. The monoisotopic (exact) mass is 166 g/mol. The Balaban J connectivity index is 2.52. The van der Waals surface area contributed by atoms with Crippen molar-refractivity contribution in [3.63, 3.8) is 0 Å². The molecule has 0 bridgehead atoms. The van der Waals surface area contributed by atoms with E-state index in [0.29, 0.717) is 0 Å². The first-order valence-electron chi connectivity index (χ1n) is 2.97. The molecule has 1 heterocycles. The fourth-order valence-electron chi connectivity index (χ4n) is 0.791. The van der Waals surface area contributed by atoms with Gasteiger partial charge in [0, 0.05) is 5.75 Å². The highest BCUT2D eigenvalue weighted by Crippen LogP contribution is 2.23. The summed E-state index contributed by atoms with van der Waals surface area (Å²) in [7, 11) is 0. The summed E-state index contributed by atoms with van der Waals surface area (Å²) in [5, 5.41) is 35.7. The minimum absolute atomic E-state index is 0.263. The number of aliphatic hydroxyl groups is 4. The molecule has 1 aliphatic rings. The molecule has 0 radical (unpaired) electrons. The van der Waals surface area contributed by atoms with Gasteiger partial charge >= 0.3 is 0 Å². The Morgan fingerprint density at radius 2 is 1.60 bits per heavy atom. The average molecular weight is 166 g/mol. The van der Waals surface area contributed by atoms with Crippen LogP contribution < -0.4 is 0 Å². The third kappa shape index (κ3) is 1.43. The van der Waals surface area contributed by atoms with Gasteiger partial charge < -0.3 is 20.4 Å². The average Bonchev–Trinajstić information content (AvgIpc) is 1.93. The summed E-state index contributed by atoms with van der Waals surface area (Å²) in [5.74, 6) is 0.263. The molecule has 0 aromatic carbocycles. The second-order valence-electron chi connectivity index (χ2n) is 2.27. The van der Waals surface area contributed by atoms with Crippen molar-refractivity contribution in [2.24, 2.45) is 0 Å². The van der Waals surface area contributed by atoms with E-state index < -0.39 is 23.7 Å². The zero-order valence-corrected chi connectivity index (χ0v) is 6.03. The van der Waals surface area contributed by atoms with Crippen LogP contribution >= 0.6 is 11.8 Å². The molecule has 10 heavy (non-hydrogen) atoms. The van der Waals surface area contributed by atoms with Crippen LogP contribution in [0.5, 0.6) is 0 Å². The number of hydrogen-bond acceptors (Lipinski definition) is 5. The quantitative estimate of drug-likeness (QED) is 0.339. The molecule has 5 heteroatoms. The molecule has 0 aromatic rings. The van der Waals surface area contributed by atoms with Crippen molar-refractivity contribution >= 4 is 11.8 Å². The van der Waals surface area contributed by atoms with Gasteiger partial charge in [-0.2, -0.15) is 0 Å². The second-order valence-corrected chi connectivity index (χ2v) is 3.42. The lowest BCUT2D eigenvalue weighted by atomic mass is 10.1. The van der Waals surface area contributed by atoms with Crippen molar-refractivity contribution in [2.75, 3.05) is 5.75 Å². The van der Waals surface area contributed by atoms with Crippen LogP contribution in [-0.4, -0.2) is 49.9 Å². The SMILES string of the molecule is OC1SC[C@H](O)[C@H](O)[C@H]1O. The van der Waals surface area contributed by atoms with Crippen LogP contribution in [0.2, 0.25) is 0 Å². The summed E-state index contributed by atoms with van der Waals surface area (Å²) in [4.78, 5) is 0. The van der Waals surface area contributed by atoms with Crippen molar-refractivity contribution < 1.29 is 20.4 Å². The van der Waals surface area contributed by atoms with Gasteiger partial charge in [-0.05, 0) is 0 Å². The Morgan fingerprint density at radius 3 is 2.10 bits per heavy atom. The molecule has 4 atom stereocenters. The first-order chi connectivity index (χ1) is 4.63. The number of hydrogen-bond donors (Lipinski definition) is 4. The van der Waals surface area contributed by atoms with Crippen molar-refractivity contribution in [3.8, 4) is 0 Å². The zero-order chi connectivity index (χ0) is 7.72. The summed E-state index contributed by atoms with van der Waals surface area (Å²) in [6.07, 6.45) is -3.37. The van der Waals surface area contributed by atoms with Crippen LogP contribution in [0.15, 0.2) is 0 Å². The summed E-state index contributed by atoms with van der Waals surface area (Å²) in [6, 6.07) is 0. The molecule has 0 amide bonds. The molecule has 1 saturated heterocycles. The minimum Gasteiger partial charge on any atom is -0.389 e. The molecule has 4 N–H and O–H groups in total.